The molecule has 0 unspecified atom stereocenters. The average Bonchev–Trinajstić information content (AvgIpc) is 3.17. The van der Waals surface area contributed by atoms with Gasteiger partial charge < -0.3 is 11.1 Å². The first-order chi connectivity index (χ1) is 12.2. The topological polar surface area (TPSA) is 68.2 Å². The number of aromatic nitrogens is 2. The maximum absolute atomic E-state index is 5.98. The van der Waals surface area contributed by atoms with E-state index in [-0.39, 0.29) is 0 Å². The van der Waals surface area contributed by atoms with Crippen molar-refractivity contribution < 1.29 is 0 Å². The highest BCUT2D eigenvalue weighted by Gasteiger charge is 1.99. The van der Waals surface area contributed by atoms with Crippen LogP contribution in [0, 0.1) is 0 Å². The summed E-state index contributed by atoms with van der Waals surface area (Å²) in [6.07, 6.45) is 5.55. The maximum Gasteiger partial charge on any atom is 0.193 e. The van der Waals surface area contributed by atoms with Crippen LogP contribution in [0.2, 0.25) is 0 Å². The van der Waals surface area contributed by atoms with Gasteiger partial charge in [0.15, 0.2) is 5.96 Å². The van der Waals surface area contributed by atoms with E-state index in [1.807, 2.05) is 29.1 Å². The second-order valence-electron chi connectivity index (χ2n) is 5.81. The van der Waals surface area contributed by atoms with Gasteiger partial charge in [-0.05, 0) is 54.3 Å². The molecule has 5 heteroatoms. The molecular formula is C20H23N5. The third kappa shape index (κ3) is 4.70. The summed E-state index contributed by atoms with van der Waals surface area (Å²) in [6.45, 7) is 2.78. The van der Waals surface area contributed by atoms with Gasteiger partial charge in [0, 0.05) is 24.6 Å². The van der Waals surface area contributed by atoms with Crippen molar-refractivity contribution in [2.75, 3.05) is 11.9 Å². The number of hydrogen-bond acceptors (Lipinski definition) is 2. The average molecular weight is 333 g/mol. The Morgan fingerprint density at radius 2 is 1.96 bits per heavy atom. The second kappa shape index (κ2) is 8.15. The Kier molecular flexibility index (Phi) is 5.46. The molecule has 0 fully saturated rings. The number of anilines is 1. The predicted molar refractivity (Wildman–Crippen MR) is 103 cm³/mol. The first kappa shape index (κ1) is 16.8. The van der Waals surface area contributed by atoms with Gasteiger partial charge in [-0.1, -0.05) is 31.2 Å². The van der Waals surface area contributed by atoms with Crippen LogP contribution in [-0.4, -0.2) is 22.3 Å². The molecule has 1 heterocycles. The third-order valence-corrected chi connectivity index (χ3v) is 4.00. The van der Waals surface area contributed by atoms with Gasteiger partial charge in [-0.3, -0.25) is 4.99 Å². The van der Waals surface area contributed by atoms with E-state index in [0.29, 0.717) is 12.5 Å². The van der Waals surface area contributed by atoms with Gasteiger partial charge in [-0.2, -0.15) is 5.10 Å². The van der Waals surface area contributed by atoms with Gasteiger partial charge in [-0.15, -0.1) is 0 Å². The predicted octanol–water partition coefficient (Wildman–Crippen LogP) is 3.40. The zero-order valence-electron chi connectivity index (χ0n) is 14.4. The van der Waals surface area contributed by atoms with E-state index in [1.54, 1.807) is 6.20 Å². The number of nitrogens with two attached hydrogens (primary N) is 1. The number of benzene rings is 2. The van der Waals surface area contributed by atoms with E-state index < -0.39 is 0 Å². The van der Waals surface area contributed by atoms with Gasteiger partial charge in [0.2, 0.25) is 0 Å². The molecule has 0 aliphatic rings. The summed E-state index contributed by atoms with van der Waals surface area (Å²) >= 11 is 0. The van der Waals surface area contributed by atoms with Gasteiger partial charge in [-0.25, -0.2) is 4.68 Å². The first-order valence-corrected chi connectivity index (χ1v) is 8.49. The van der Waals surface area contributed by atoms with Gasteiger partial charge >= 0.3 is 0 Å². The standard InChI is InChI=1S/C20H23N5/c1-2-16-5-3-6-18(15-16)24-20(21)22-13-11-17-7-9-19(10-8-17)25-14-4-12-23-25/h3-10,12,14-15H,2,11,13H2,1H3,(H3,21,22,24). The number of nitrogens with zero attached hydrogens (tertiary/aromatic N) is 3. The number of guanidine groups is 1. The number of nitrogens with one attached hydrogen (secondary N) is 1. The fourth-order valence-electron chi connectivity index (χ4n) is 2.60. The molecule has 128 valence electrons. The minimum Gasteiger partial charge on any atom is -0.370 e. The van der Waals surface area contributed by atoms with Gasteiger partial charge in [0.1, 0.15) is 0 Å². The van der Waals surface area contributed by atoms with Crippen LogP contribution in [0.3, 0.4) is 0 Å². The Bertz CT molecular complexity index is 820. The summed E-state index contributed by atoms with van der Waals surface area (Å²) in [4.78, 5) is 4.41. The normalized spacial score (nSPS) is 11.5. The fourth-order valence-corrected chi connectivity index (χ4v) is 2.60. The van der Waals surface area contributed by atoms with Crippen LogP contribution in [0.5, 0.6) is 0 Å². The fraction of sp³-hybridized carbons (Fsp3) is 0.200. The molecule has 3 rings (SSSR count). The quantitative estimate of drug-likeness (QED) is 0.536. The van der Waals surface area contributed by atoms with Crippen molar-refractivity contribution in [1.29, 1.82) is 0 Å². The van der Waals surface area contributed by atoms with Crippen molar-refractivity contribution in [2.45, 2.75) is 19.8 Å². The maximum atomic E-state index is 5.98. The van der Waals surface area contributed by atoms with E-state index in [4.69, 9.17) is 5.73 Å². The van der Waals surface area contributed by atoms with E-state index >= 15 is 0 Å². The van der Waals surface area contributed by atoms with Crippen LogP contribution in [0.25, 0.3) is 5.69 Å². The van der Waals surface area contributed by atoms with Gasteiger partial charge in [0.25, 0.3) is 0 Å². The Balaban J connectivity index is 1.53. The number of aryl methyl sites for hydroxylation is 1. The van der Waals surface area contributed by atoms with Crippen molar-refractivity contribution in [3.8, 4) is 5.69 Å². The Labute approximate surface area is 148 Å². The lowest BCUT2D eigenvalue weighted by atomic mass is 10.1. The number of aliphatic imine (C=N–C) groups is 1. The molecule has 0 aliphatic heterocycles. The summed E-state index contributed by atoms with van der Waals surface area (Å²) in [5.41, 5.74) is 10.5. The molecule has 0 saturated heterocycles. The molecule has 0 radical (unpaired) electrons. The lowest BCUT2D eigenvalue weighted by Crippen LogP contribution is -2.23. The van der Waals surface area contributed by atoms with Crippen LogP contribution >= 0.6 is 0 Å². The van der Waals surface area contributed by atoms with Crippen molar-refractivity contribution in [3.05, 3.63) is 78.1 Å². The van der Waals surface area contributed by atoms with Gasteiger partial charge in [0.05, 0.1) is 5.69 Å². The minimum atomic E-state index is 0.446. The Morgan fingerprint density at radius 3 is 2.68 bits per heavy atom. The Hall–Kier alpha value is -3.08. The van der Waals surface area contributed by atoms with Crippen LogP contribution in [0.15, 0.2) is 72.0 Å². The zero-order chi connectivity index (χ0) is 17.5. The highest BCUT2D eigenvalue weighted by atomic mass is 15.3. The molecule has 0 amide bonds. The molecule has 0 aliphatic carbocycles. The molecular weight excluding hydrogens is 310 g/mol. The Morgan fingerprint density at radius 1 is 1.12 bits per heavy atom. The molecule has 0 spiro atoms. The van der Waals surface area contributed by atoms with Crippen molar-refractivity contribution in [2.24, 2.45) is 10.7 Å². The highest BCUT2D eigenvalue weighted by Crippen LogP contribution is 2.11. The highest BCUT2D eigenvalue weighted by molar-refractivity contribution is 5.92. The van der Waals surface area contributed by atoms with E-state index in [9.17, 15) is 0 Å². The summed E-state index contributed by atoms with van der Waals surface area (Å²) in [7, 11) is 0. The number of hydrogen-bond donors (Lipinski definition) is 2. The van der Waals surface area contributed by atoms with Crippen molar-refractivity contribution in [1.82, 2.24) is 9.78 Å². The molecule has 25 heavy (non-hydrogen) atoms. The summed E-state index contributed by atoms with van der Waals surface area (Å²) < 4.78 is 1.84. The molecule has 2 aromatic carbocycles. The van der Waals surface area contributed by atoms with Crippen molar-refractivity contribution in [3.63, 3.8) is 0 Å². The zero-order valence-corrected chi connectivity index (χ0v) is 14.4. The third-order valence-electron chi connectivity index (χ3n) is 4.00. The van der Waals surface area contributed by atoms with Crippen LogP contribution in [0.4, 0.5) is 5.69 Å². The van der Waals surface area contributed by atoms with E-state index in [1.165, 1.54) is 11.1 Å². The minimum absolute atomic E-state index is 0.446. The van der Waals surface area contributed by atoms with Crippen LogP contribution in [0.1, 0.15) is 18.1 Å². The summed E-state index contributed by atoms with van der Waals surface area (Å²) in [5.74, 6) is 0.446. The van der Waals surface area contributed by atoms with E-state index in [2.05, 4.69) is 58.7 Å². The second-order valence-corrected chi connectivity index (χ2v) is 5.81. The largest absolute Gasteiger partial charge is 0.370 e. The molecule has 5 nitrogen and oxygen atoms in total. The molecule has 0 atom stereocenters. The van der Waals surface area contributed by atoms with Crippen LogP contribution < -0.4 is 11.1 Å². The molecule has 0 bridgehead atoms. The monoisotopic (exact) mass is 333 g/mol. The molecule has 3 aromatic rings. The lowest BCUT2D eigenvalue weighted by Gasteiger charge is -2.07. The molecule has 0 saturated carbocycles. The number of rotatable bonds is 6. The van der Waals surface area contributed by atoms with Crippen LogP contribution in [-0.2, 0) is 12.8 Å². The summed E-state index contributed by atoms with van der Waals surface area (Å²) in [5, 5.41) is 7.37. The molecule has 1 aromatic heterocycles. The first-order valence-electron chi connectivity index (χ1n) is 8.49. The van der Waals surface area contributed by atoms with E-state index in [0.717, 1.165) is 24.2 Å². The smallest absolute Gasteiger partial charge is 0.193 e. The summed E-state index contributed by atoms with van der Waals surface area (Å²) in [6, 6.07) is 18.4. The SMILES string of the molecule is CCc1cccc(NC(N)=NCCc2ccc(-n3cccn3)cc2)c1. The van der Waals surface area contributed by atoms with Crippen molar-refractivity contribution >= 4 is 11.6 Å². The molecule has 3 N–H and O–H groups in total. The lowest BCUT2D eigenvalue weighted by molar-refractivity contribution is 0.877.